The highest BCUT2D eigenvalue weighted by atomic mass is 32.2. The van der Waals surface area contributed by atoms with Gasteiger partial charge in [-0.05, 0) is 71.5 Å². The quantitative estimate of drug-likeness (QED) is 0.499. The molecule has 1 aliphatic carbocycles. The Hall–Kier alpha value is -3.62. The van der Waals surface area contributed by atoms with Crippen molar-refractivity contribution in [1.82, 2.24) is 0 Å². The van der Waals surface area contributed by atoms with Crippen LogP contribution in [0.4, 0.5) is 5.69 Å². The predicted octanol–water partition coefficient (Wildman–Crippen LogP) is 3.50. The van der Waals surface area contributed by atoms with Crippen molar-refractivity contribution >= 4 is 27.7 Å². The summed E-state index contributed by atoms with van der Waals surface area (Å²) in [5, 5.41) is 24.7. The second kappa shape index (κ2) is 8.73. The predicted molar refractivity (Wildman–Crippen MR) is 127 cm³/mol. The minimum atomic E-state index is -3.96. The lowest BCUT2D eigenvalue weighted by Gasteiger charge is -2.21. The summed E-state index contributed by atoms with van der Waals surface area (Å²) >= 11 is 0. The first-order valence-corrected chi connectivity index (χ1v) is 11.9. The Morgan fingerprint density at radius 1 is 1.03 bits per heavy atom. The first kappa shape index (κ1) is 22.6. The molecular formula is C25H24N2O5S. The van der Waals surface area contributed by atoms with Crippen LogP contribution in [0.3, 0.4) is 0 Å². The Morgan fingerprint density at radius 2 is 1.73 bits per heavy atom. The van der Waals surface area contributed by atoms with E-state index in [0.717, 1.165) is 18.4 Å². The fraction of sp³-hybridized carbons (Fsp3) is 0.160. The van der Waals surface area contributed by atoms with Crippen LogP contribution in [0.1, 0.15) is 34.6 Å². The van der Waals surface area contributed by atoms with Gasteiger partial charge in [-0.2, -0.15) is 0 Å². The SMILES string of the molecule is CN(C(=O)/C=C/c1cc(O)cc(O)c1)c1ccc(S(N)(=O)=O)c(C2CCc3ccccc32)c1. The van der Waals surface area contributed by atoms with Gasteiger partial charge in [0.2, 0.25) is 10.0 Å². The van der Waals surface area contributed by atoms with Gasteiger partial charge in [-0.25, -0.2) is 13.6 Å². The van der Waals surface area contributed by atoms with Gasteiger partial charge in [-0.15, -0.1) is 0 Å². The van der Waals surface area contributed by atoms with Gasteiger partial charge in [-0.3, -0.25) is 4.79 Å². The van der Waals surface area contributed by atoms with Crippen molar-refractivity contribution in [2.45, 2.75) is 23.7 Å². The van der Waals surface area contributed by atoms with Crippen molar-refractivity contribution in [3.05, 3.63) is 89.0 Å². The van der Waals surface area contributed by atoms with E-state index in [9.17, 15) is 23.4 Å². The smallest absolute Gasteiger partial charge is 0.250 e. The number of sulfonamides is 1. The standard InChI is InChI=1S/C25H24N2O5S/c1-27(25(30)11-6-16-12-19(28)15-20(29)13-16)18-8-10-24(33(26,31)32)23(14-18)22-9-7-17-4-2-3-5-21(17)22/h2-6,8,10-15,22,28-29H,7,9H2,1H3,(H2,26,31,32)/b11-6+. The molecule has 4 N–H and O–H groups in total. The molecule has 1 aliphatic rings. The zero-order chi connectivity index (χ0) is 23.8. The topological polar surface area (TPSA) is 121 Å². The van der Waals surface area contributed by atoms with Gasteiger partial charge in [0.25, 0.3) is 5.91 Å². The summed E-state index contributed by atoms with van der Waals surface area (Å²) in [5.74, 6) is -0.728. The molecule has 0 spiro atoms. The number of anilines is 1. The maximum Gasteiger partial charge on any atom is 0.250 e. The molecule has 0 aliphatic heterocycles. The molecule has 7 nitrogen and oxygen atoms in total. The first-order valence-electron chi connectivity index (χ1n) is 10.4. The molecule has 1 unspecified atom stereocenters. The molecule has 0 heterocycles. The molecule has 0 saturated heterocycles. The highest BCUT2D eigenvalue weighted by molar-refractivity contribution is 7.89. The number of nitrogens with two attached hydrogens (primary N) is 1. The Kier molecular flexibility index (Phi) is 5.97. The van der Waals surface area contributed by atoms with Crippen molar-refractivity contribution in [1.29, 1.82) is 0 Å². The fourth-order valence-electron chi connectivity index (χ4n) is 4.28. The van der Waals surface area contributed by atoms with E-state index in [1.54, 1.807) is 19.2 Å². The number of aryl methyl sites for hydroxylation is 1. The lowest BCUT2D eigenvalue weighted by atomic mass is 9.92. The van der Waals surface area contributed by atoms with Gasteiger partial charge >= 0.3 is 0 Å². The van der Waals surface area contributed by atoms with Gasteiger partial charge in [0.05, 0.1) is 4.90 Å². The minimum absolute atomic E-state index is 0.0552. The molecule has 0 radical (unpaired) electrons. The van der Waals surface area contributed by atoms with E-state index in [4.69, 9.17) is 5.14 Å². The van der Waals surface area contributed by atoms with Crippen LogP contribution in [0.25, 0.3) is 6.08 Å². The normalized spacial score (nSPS) is 15.5. The zero-order valence-corrected chi connectivity index (χ0v) is 18.8. The number of hydrogen-bond donors (Lipinski definition) is 3. The zero-order valence-electron chi connectivity index (χ0n) is 18.0. The average molecular weight is 465 g/mol. The third kappa shape index (κ3) is 4.76. The second-order valence-corrected chi connectivity index (χ2v) is 9.60. The molecule has 0 bridgehead atoms. The maximum atomic E-state index is 12.8. The highest BCUT2D eigenvalue weighted by Gasteiger charge is 2.29. The summed E-state index contributed by atoms with van der Waals surface area (Å²) in [6, 6.07) is 16.7. The molecule has 3 aromatic carbocycles. The number of benzene rings is 3. The van der Waals surface area contributed by atoms with Gasteiger partial charge in [0.15, 0.2) is 0 Å². The van der Waals surface area contributed by atoms with Crippen LogP contribution >= 0.6 is 0 Å². The maximum absolute atomic E-state index is 12.8. The number of phenolic OH excluding ortho intramolecular Hbond substituents is 2. The molecule has 1 atom stereocenters. The molecule has 8 heteroatoms. The van der Waals surface area contributed by atoms with Crippen LogP contribution in [-0.2, 0) is 21.2 Å². The number of nitrogens with zero attached hydrogens (tertiary/aromatic N) is 1. The Labute approximate surface area is 192 Å². The molecule has 4 rings (SSSR count). The van der Waals surface area contributed by atoms with E-state index in [2.05, 4.69) is 0 Å². The van der Waals surface area contributed by atoms with E-state index in [0.29, 0.717) is 16.8 Å². The van der Waals surface area contributed by atoms with E-state index in [-0.39, 0.29) is 28.2 Å². The van der Waals surface area contributed by atoms with Crippen LogP contribution in [0, 0.1) is 0 Å². The largest absolute Gasteiger partial charge is 0.508 e. The van der Waals surface area contributed by atoms with Gasteiger partial charge in [-0.1, -0.05) is 24.3 Å². The summed E-state index contributed by atoms with van der Waals surface area (Å²) in [6.45, 7) is 0. The third-order valence-corrected chi connectivity index (χ3v) is 6.85. The number of carbonyl (C=O) groups is 1. The number of hydrogen-bond acceptors (Lipinski definition) is 5. The first-order chi connectivity index (χ1) is 15.6. The van der Waals surface area contributed by atoms with Crippen LogP contribution < -0.4 is 10.0 Å². The van der Waals surface area contributed by atoms with E-state index in [1.165, 1.54) is 46.9 Å². The Bertz CT molecular complexity index is 1340. The molecule has 0 aromatic heterocycles. The van der Waals surface area contributed by atoms with Crippen molar-refractivity contribution in [3.8, 4) is 11.5 Å². The molecule has 3 aromatic rings. The lowest BCUT2D eigenvalue weighted by Crippen LogP contribution is -2.25. The monoisotopic (exact) mass is 464 g/mol. The van der Waals surface area contributed by atoms with Gasteiger partial charge in [0, 0.05) is 30.8 Å². The van der Waals surface area contributed by atoms with Crippen molar-refractivity contribution in [2.75, 3.05) is 11.9 Å². The van der Waals surface area contributed by atoms with Crippen LogP contribution in [0.5, 0.6) is 11.5 Å². The number of amides is 1. The third-order valence-electron chi connectivity index (χ3n) is 5.87. The summed E-state index contributed by atoms with van der Waals surface area (Å²) in [5.41, 5.74) is 3.80. The highest BCUT2D eigenvalue weighted by Crippen LogP contribution is 2.41. The summed E-state index contributed by atoms with van der Waals surface area (Å²) in [4.78, 5) is 14.2. The Morgan fingerprint density at radius 3 is 2.42 bits per heavy atom. The Balaban J connectivity index is 1.68. The van der Waals surface area contributed by atoms with E-state index < -0.39 is 10.0 Å². The molecular weight excluding hydrogens is 440 g/mol. The fourth-order valence-corrected chi connectivity index (χ4v) is 5.06. The number of fused-ring (bicyclic) bond motifs is 1. The molecule has 33 heavy (non-hydrogen) atoms. The average Bonchev–Trinajstić information content (AvgIpc) is 3.19. The number of phenols is 2. The minimum Gasteiger partial charge on any atom is -0.508 e. The summed E-state index contributed by atoms with van der Waals surface area (Å²) in [7, 11) is -2.37. The number of primary sulfonamides is 1. The number of aromatic hydroxyl groups is 2. The lowest BCUT2D eigenvalue weighted by molar-refractivity contribution is -0.113. The van der Waals surface area contributed by atoms with Gasteiger partial charge < -0.3 is 15.1 Å². The number of carbonyl (C=O) groups excluding carboxylic acids is 1. The second-order valence-electron chi connectivity index (χ2n) is 8.07. The molecule has 1 amide bonds. The summed E-state index contributed by atoms with van der Waals surface area (Å²) in [6.07, 6.45) is 4.38. The van der Waals surface area contributed by atoms with Crippen molar-refractivity contribution in [3.63, 3.8) is 0 Å². The van der Waals surface area contributed by atoms with E-state index >= 15 is 0 Å². The van der Waals surface area contributed by atoms with E-state index in [1.807, 2.05) is 24.3 Å². The summed E-state index contributed by atoms with van der Waals surface area (Å²) < 4.78 is 24.6. The molecule has 170 valence electrons. The van der Waals surface area contributed by atoms with Crippen LogP contribution in [0.2, 0.25) is 0 Å². The van der Waals surface area contributed by atoms with Crippen LogP contribution in [0.15, 0.2) is 71.6 Å². The van der Waals surface area contributed by atoms with Crippen molar-refractivity contribution < 1.29 is 23.4 Å². The molecule has 0 saturated carbocycles. The molecule has 0 fully saturated rings. The van der Waals surface area contributed by atoms with Crippen LogP contribution in [-0.4, -0.2) is 31.6 Å². The number of likely N-dealkylation sites (N-methyl/N-ethyl adjacent to an activating group) is 1. The van der Waals surface area contributed by atoms with Crippen molar-refractivity contribution in [2.24, 2.45) is 5.14 Å². The van der Waals surface area contributed by atoms with Gasteiger partial charge in [0.1, 0.15) is 11.5 Å². The number of rotatable bonds is 5.